The Kier molecular flexibility index (Phi) is 7.04. The average molecular weight is 511 g/mol. The van der Waals surface area contributed by atoms with Gasteiger partial charge in [0.1, 0.15) is 10.6 Å². The summed E-state index contributed by atoms with van der Waals surface area (Å²) >= 11 is 1.32. The van der Waals surface area contributed by atoms with Gasteiger partial charge in [-0.2, -0.15) is 0 Å². The minimum atomic E-state index is -3.68. The van der Waals surface area contributed by atoms with E-state index in [1.165, 1.54) is 41.9 Å². The highest BCUT2D eigenvalue weighted by atomic mass is 32.2. The summed E-state index contributed by atoms with van der Waals surface area (Å²) in [5.41, 5.74) is 1.03. The van der Waals surface area contributed by atoms with Crippen LogP contribution >= 0.6 is 11.3 Å². The number of rotatable bonds is 8. The molecule has 1 N–H and O–H groups in total. The zero-order chi connectivity index (χ0) is 25.0. The second kappa shape index (κ2) is 10.2. The lowest BCUT2D eigenvalue weighted by Crippen LogP contribution is -2.26. The fourth-order valence-corrected chi connectivity index (χ4v) is 5.49. The second-order valence-electron chi connectivity index (χ2n) is 7.47. The molecule has 0 atom stereocenters. The zero-order valence-electron chi connectivity index (χ0n) is 18.9. The van der Waals surface area contributed by atoms with E-state index in [1.807, 2.05) is 6.07 Å². The Morgan fingerprint density at radius 1 is 0.971 bits per heavy atom. The van der Waals surface area contributed by atoms with Crippen LogP contribution in [0.15, 0.2) is 83.8 Å². The van der Waals surface area contributed by atoms with Gasteiger partial charge >= 0.3 is 5.97 Å². The number of methoxy groups -OCH3 is 1. The third-order valence-corrected chi connectivity index (χ3v) is 8.05. The largest absolute Gasteiger partial charge is 0.484 e. The summed E-state index contributed by atoms with van der Waals surface area (Å²) in [4.78, 5) is 24.7. The van der Waals surface area contributed by atoms with Gasteiger partial charge in [-0.25, -0.2) is 13.2 Å². The van der Waals surface area contributed by atoms with Crippen molar-refractivity contribution in [3.8, 4) is 5.75 Å². The molecule has 4 aromatic rings. The standard InChI is InChI=1S/C25H22N2O6S2/c1-27(35(30,31)21-6-4-3-5-7-21)19-9-11-20(12-10-19)33-16-24(28)26-18-8-13-22-17(14-18)15-23(34-22)25(29)32-2/h3-15H,16H2,1-2H3,(H,26,28). The van der Waals surface area contributed by atoms with E-state index in [0.717, 1.165) is 10.1 Å². The molecule has 0 spiro atoms. The summed E-state index contributed by atoms with van der Waals surface area (Å²) in [5.74, 6) is -0.342. The fraction of sp³-hybridized carbons (Fsp3) is 0.120. The molecule has 3 aromatic carbocycles. The first-order chi connectivity index (χ1) is 16.8. The maximum atomic E-state index is 12.8. The molecule has 4 rings (SSSR count). The van der Waals surface area contributed by atoms with Crippen molar-refractivity contribution < 1.29 is 27.5 Å². The lowest BCUT2D eigenvalue weighted by atomic mass is 10.2. The Morgan fingerprint density at radius 2 is 1.69 bits per heavy atom. The summed E-state index contributed by atoms with van der Waals surface area (Å²) in [6, 6.07) is 21.6. The summed E-state index contributed by atoms with van der Waals surface area (Å²) in [5, 5.41) is 3.58. The first-order valence-electron chi connectivity index (χ1n) is 10.5. The van der Waals surface area contributed by atoms with Crippen LogP contribution in [0.2, 0.25) is 0 Å². The van der Waals surface area contributed by atoms with E-state index < -0.39 is 16.0 Å². The Labute approximate surface area is 206 Å². The highest BCUT2D eigenvalue weighted by molar-refractivity contribution is 7.92. The quantitative estimate of drug-likeness (QED) is 0.350. The number of amides is 1. The Balaban J connectivity index is 1.36. The van der Waals surface area contributed by atoms with Crippen LogP contribution in [0.4, 0.5) is 11.4 Å². The molecular weight excluding hydrogens is 488 g/mol. The topological polar surface area (TPSA) is 102 Å². The minimum absolute atomic E-state index is 0.196. The molecule has 35 heavy (non-hydrogen) atoms. The molecule has 0 radical (unpaired) electrons. The number of thiophene rings is 1. The molecule has 0 bridgehead atoms. The van der Waals surface area contributed by atoms with E-state index in [9.17, 15) is 18.0 Å². The Bertz CT molecular complexity index is 1470. The molecule has 0 fully saturated rings. The van der Waals surface area contributed by atoms with Gasteiger partial charge in [0.25, 0.3) is 15.9 Å². The molecule has 0 aliphatic rings. The van der Waals surface area contributed by atoms with Crippen LogP contribution in [0.3, 0.4) is 0 Å². The van der Waals surface area contributed by atoms with Crippen molar-refractivity contribution in [1.29, 1.82) is 0 Å². The first kappa shape index (κ1) is 24.2. The van der Waals surface area contributed by atoms with Crippen LogP contribution in [0, 0.1) is 0 Å². The Hall–Kier alpha value is -3.89. The zero-order valence-corrected chi connectivity index (χ0v) is 20.6. The molecule has 0 saturated heterocycles. The minimum Gasteiger partial charge on any atom is -0.484 e. The van der Waals surface area contributed by atoms with Crippen molar-refractivity contribution in [3.05, 3.63) is 83.7 Å². The summed E-state index contributed by atoms with van der Waals surface area (Å²) in [6.07, 6.45) is 0. The van der Waals surface area contributed by atoms with E-state index in [2.05, 4.69) is 5.32 Å². The molecule has 0 saturated carbocycles. The first-order valence-corrected chi connectivity index (χ1v) is 12.7. The number of benzene rings is 3. The SMILES string of the molecule is COC(=O)c1cc2cc(NC(=O)COc3ccc(N(C)S(=O)(=O)c4ccccc4)cc3)ccc2s1. The molecule has 1 heterocycles. The smallest absolute Gasteiger partial charge is 0.348 e. The summed E-state index contributed by atoms with van der Waals surface area (Å²) < 4.78 is 37.9. The number of carbonyl (C=O) groups excluding carboxylic acids is 2. The lowest BCUT2D eigenvalue weighted by Gasteiger charge is -2.19. The van der Waals surface area contributed by atoms with Crippen molar-refractivity contribution in [2.24, 2.45) is 0 Å². The van der Waals surface area contributed by atoms with Gasteiger partial charge in [-0.1, -0.05) is 18.2 Å². The second-order valence-corrected chi connectivity index (χ2v) is 10.5. The van der Waals surface area contributed by atoms with Gasteiger partial charge in [-0.05, 0) is 66.0 Å². The predicted octanol–water partition coefficient (Wildman–Crippen LogP) is 4.53. The molecule has 0 aliphatic heterocycles. The van der Waals surface area contributed by atoms with Crippen LogP contribution in [0.5, 0.6) is 5.75 Å². The van der Waals surface area contributed by atoms with Crippen molar-refractivity contribution in [3.63, 3.8) is 0 Å². The van der Waals surface area contributed by atoms with Crippen LogP contribution in [0.25, 0.3) is 10.1 Å². The van der Waals surface area contributed by atoms with E-state index >= 15 is 0 Å². The third-order valence-electron chi connectivity index (χ3n) is 5.16. The van der Waals surface area contributed by atoms with Gasteiger partial charge in [-0.15, -0.1) is 11.3 Å². The van der Waals surface area contributed by atoms with E-state index in [0.29, 0.717) is 22.0 Å². The molecule has 1 aromatic heterocycles. The van der Waals surface area contributed by atoms with Gasteiger partial charge in [-0.3, -0.25) is 9.10 Å². The number of nitrogens with zero attached hydrogens (tertiary/aromatic N) is 1. The van der Waals surface area contributed by atoms with Crippen molar-refractivity contribution >= 4 is 54.7 Å². The van der Waals surface area contributed by atoms with Gasteiger partial charge in [0.05, 0.1) is 17.7 Å². The number of sulfonamides is 1. The summed E-state index contributed by atoms with van der Waals surface area (Å²) in [6.45, 7) is -0.230. The summed E-state index contributed by atoms with van der Waals surface area (Å²) in [7, 11) is -0.876. The molecule has 8 nitrogen and oxygen atoms in total. The molecule has 0 unspecified atom stereocenters. The van der Waals surface area contributed by atoms with Crippen molar-refractivity contribution in [2.75, 3.05) is 30.4 Å². The van der Waals surface area contributed by atoms with E-state index in [1.54, 1.807) is 60.7 Å². The van der Waals surface area contributed by atoms with Gasteiger partial charge < -0.3 is 14.8 Å². The van der Waals surface area contributed by atoms with Crippen molar-refractivity contribution in [1.82, 2.24) is 0 Å². The fourth-order valence-electron chi connectivity index (χ4n) is 3.31. The van der Waals surface area contributed by atoms with Crippen molar-refractivity contribution in [2.45, 2.75) is 4.90 Å². The number of hydrogen-bond acceptors (Lipinski definition) is 7. The van der Waals surface area contributed by atoms with Crippen LogP contribution < -0.4 is 14.4 Å². The van der Waals surface area contributed by atoms with Crippen LogP contribution in [-0.4, -0.2) is 41.1 Å². The number of anilines is 2. The van der Waals surface area contributed by atoms with Gasteiger partial charge in [0, 0.05) is 17.4 Å². The van der Waals surface area contributed by atoms with Gasteiger partial charge in [0.15, 0.2) is 6.61 Å². The maximum Gasteiger partial charge on any atom is 0.348 e. The molecule has 0 aliphatic carbocycles. The number of nitrogens with one attached hydrogen (secondary N) is 1. The number of fused-ring (bicyclic) bond motifs is 1. The molecule has 10 heteroatoms. The lowest BCUT2D eigenvalue weighted by molar-refractivity contribution is -0.118. The highest BCUT2D eigenvalue weighted by Crippen LogP contribution is 2.29. The molecular formula is C25H22N2O6S2. The molecule has 1 amide bonds. The van der Waals surface area contributed by atoms with Gasteiger partial charge in [0.2, 0.25) is 0 Å². The third kappa shape index (κ3) is 5.44. The number of ether oxygens (including phenoxy) is 2. The normalized spacial score (nSPS) is 11.1. The average Bonchev–Trinajstić information content (AvgIpc) is 3.31. The molecule has 180 valence electrons. The predicted molar refractivity (Wildman–Crippen MR) is 136 cm³/mol. The monoisotopic (exact) mass is 510 g/mol. The maximum absolute atomic E-state index is 12.8. The Morgan fingerprint density at radius 3 is 2.37 bits per heavy atom. The highest BCUT2D eigenvalue weighted by Gasteiger charge is 2.21. The number of hydrogen-bond donors (Lipinski definition) is 1. The van der Waals surface area contributed by atoms with Crippen LogP contribution in [-0.2, 0) is 19.6 Å². The number of esters is 1. The van der Waals surface area contributed by atoms with E-state index in [-0.39, 0.29) is 17.4 Å². The number of carbonyl (C=O) groups is 2. The van der Waals surface area contributed by atoms with E-state index in [4.69, 9.17) is 9.47 Å². The van der Waals surface area contributed by atoms with Crippen LogP contribution in [0.1, 0.15) is 9.67 Å².